The van der Waals surface area contributed by atoms with Gasteiger partial charge in [0.15, 0.2) is 0 Å². The molecule has 0 radical (unpaired) electrons. The molecule has 1 aliphatic carbocycles. The van der Waals surface area contributed by atoms with Crippen LogP contribution < -0.4 is 11.1 Å². The molecule has 0 spiro atoms. The fourth-order valence-corrected chi connectivity index (χ4v) is 2.81. The summed E-state index contributed by atoms with van der Waals surface area (Å²) in [6.45, 7) is 0.565. The van der Waals surface area contributed by atoms with E-state index in [-0.39, 0.29) is 30.2 Å². The van der Waals surface area contributed by atoms with E-state index in [1.54, 1.807) is 30.9 Å². The molecule has 22 heavy (non-hydrogen) atoms. The Morgan fingerprint density at radius 1 is 1.36 bits per heavy atom. The molecule has 1 saturated carbocycles. The maximum Gasteiger partial charge on any atom is 0.250 e. The number of nitrogens with two attached hydrogens (primary N) is 1. The molecule has 2 aromatic heterocycles. The van der Waals surface area contributed by atoms with Gasteiger partial charge >= 0.3 is 0 Å². The lowest BCUT2D eigenvalue weighted by Crippen LogP contribution is -2.29. The average molecular weight is 323 g/mol. The Kier molecular flexibility index (Phi) is 5.46. The molecule has 0 saturated heterocycles. The van der Waals surface area contributed by atoms with Crippen LogP contribution in [-0.2, 0) is 4.79 Å². The standard InChI is InChI=1S/C14H18N6O.ClH/c15-7-10-3-1-4-12(10)13(21)19-11-8-18-20(9-11)14-16-5-2-6-17-14;/h2,5-6,8-10,12H,1,3-4,7,15H2,(H,19,21);1H/t10-,12-;/m1./s1. The Morgan fingerprint density at radius 2 is 2.14 bits per heavy atom. The van der Waals surface area contributed by atoms with E-state index in [1.165, 1.54) is 4.68 Å². The minimum atomic E-state index is 0. The van der Waals surface area contributed by atoms with Crippen molar-refractivity contribution >= 4 is 24.0 Å². The second-order valence-electron chi connectivity index (χ2n) is 5.24. The summed E-state index contributed by atoms with van der Waals surface area (Å²) < 4.78 is 1.53. The quantitative estimate of drug-likeness (QED) is 0.886. The third-order valence-electron chi connectivity index (χ3n) is 3.91. The molecule has 3 rings (SSSR count). The lowest BCUT2D eigenvalue weighted by molar-refractivity contribution is -0.120. The Balaban J connectivity index is 0.00000176. The van der Waals surface area contributed by atoms with Gasteiger partial charge in [-0.2, -0.15) is 5.10 Å². The summed E-state index contributed by atoms with van der Waals surface area (Å²) in [5.41, 5.74) is 6.37. The molecule has 0 aliphatic heterocycles. The zero-order chi connectivity index (χ0) is 14.7. The number of anilines is 1. The van der Waals surface area contributed by atoms with E-state index in [0.717, 1.165) is 19.3 Å². The van der Waals surface area contributed by atoms with Gasteiger partial charge in [0, 0.05) is 18.3 Å². The summed E-state index contributed by atoms with van der Waals surface area (Å²) in [6, 6.07) is 1.74. The van der Waals surface area contributed by atoms with Gasteiger partial charge in [0.05, 0.1) is 18.1 Å². The van der Waals surface area contributed by atoms with Gasteiger partial charge in [0.1, 0.15) is 0 Å². The van der Waals surface area contributed by atoms with Gasteiger partial charge in [0.25, 0.3) is 0 Å². The first kappa shape index (κ1) is 16.4. The maximum atomic E-state index is 12.3. The summed E-state index contributed by atoms with van der Waals surface area (Å²) >= 11 is 0. The summed E-state index contributed by atoms with van der Waals surface area (Å²) in [6.07, 6.45) is 9.60. The van der Waals surface area contributed by atoms with Crippen molar-refractivity contribution in [3.05, 3.63) is 30.9 Å². The second kappa shape index (κ2) is 7.33. The Morgan fingerprint density at radius 3 is 2.86 bits per heavy atom. The minimum Gasteiger partial charge on any atom is -0.330 e. The van der Waals surface area contributed by atoms with Gasteiger partial charge in [-0.25, -0.2) is 14.6 Å². The number of hydrogen-bond donors (Lipinski definition) is 2. The number of carbonyl (C=O) groups is 1. The van der Waals surface area contributed by atoms with Crippen LogP contribution in [0.1, 0.15) is 19.3 Å². The van der Waals surface area contributed by atoms with Crippen LogP contribution in [0, 0.1) is 11.8 Å². The number of amides is 1. The van der Waals surface area contributed by atoms with Gasteiger partial charge in [-0.3, -0.25) is 4.79 Å². The van der Waals surface area contributed by atoms with Crippen LogP contribution in [0.2, 0.25) is 0 Å². The van der Waals surface area contributed by atoms with Gasteiger partial charge in [-0.1, -0.05) is 6.42 Å². The van der Waals surface area contributed by atoms with Gasteiger partial charge in [-0.05, 0) is 31.4 Å². The highest BCUT2D eigenvalue weighted by Crippen LogP contribution is 2.31. The number of nitrogens with one attached hydrogen (secondary N) is 1. The lowest BCUT2D eigenvalue weighted by Gasteiger charge is -2.16. The van der Waals surface area contributed by atoms with Crippen molar-refractivity contribution in [3.8, 4) is 5.95 Å². The predicted molar refractivity (Wildman–Crippen MR) is 84.9 cm³/mol. The van der Waals surface area contributed by atoms with Crippen LogP contribution in [0.4, 0.5) is 5.69 Å². The summed E-state index contributed by atoms with van der Waals surface area (Å²) in [5, 5.41) is 7.06. The van der Waals surface area contributed by atoms with Crippen LogP contribution in [0.15, 0.2) is 30.9 Å². The van der Waals surface area contributed by atoms with E-state index in [2.05, 4.69) is 20.4 Å². The molecule has 2 atom stereocenters. The molecule has 118 valence electrons. The number of nitrogens with zero attached hydrogens (tertiary/aromatic N) is 4. The van der Waals surface area contributed by atoms with E-state index in [0.29, 0.717) is 18.2 Å². The van der Waals surface area contributed by atoms with E-state index < -0.39 is 0 Å². The van der Waals surface area contributed by atoms with Crippen LogP contribution in [0.25, 0.3) is 5.95 Å². The van der Waals surface area contributed by atoms with Crippen LogP contribution in [0.5, 0.6) is 0 Å². The average Bonchev–Trinajstić information content (AvgIpc) is 3.16. The van der Waals surface area contributed by atoms with Crippen LogP contribution in [-0.4, -0.2) is 32.2 Å². The molecular formula is C14H19ClN6O. The molecular weight excluding hydrogens is 304 g/mol. The number of rotatable bonds is 4. The van der Waals surface area contributed by atoms with Crippen LogP contribution in [0.3, 0.4) is 0 Å². The van der Waals surface area contributed by atoms with E-state index in [4.69, 9.17) is 5.73 Å². The summed E-state index contributed by atoms with van der Waals surface area (Å²) in [4.78, 5) is 20.5. The Labute approximate surface area is 134 Å². The number of aromatic nitrogens is 4. The van der Waals surface area contributed by atoms with E-state index >= 15 is 0 Å². The van der Waals surface area contributed by atoms with Crippen LogP contribution >= 0.6 is 12.4 Å². The van der Waals surface area contributed by atoms with Gasteiger partial charge < -0.3 is 11.1 Å². The van der Waals surface area contributed by atoms with Gasteiger partial charge in [-0.15, -0.1) is 12.4 Å². The van der Waals surface area contributed by atoms with Crippen molar-refractivity contribution in [2.24, 2.45) is 17.6 Å². The van der Waals surface area contributed by atoms with Crippen molar-refractivity contribution in [2.45, 2.75) is 19.3 Å². The molecule has 0 bridgehead atoms. The first-order valence-corrected chi connectivity index (χ1v) is 7.11. The molecule has 1 amide bonds. The second-order valence-corrected chi connectivity index (χ2v) is 5.24. The van der Waals surface area contributed by atoms with E-state index in [9.17, 15) is 4.79 Å². The highest BCUT2D eigenvalue weighted by molar-refractivity contribution is 5.92. The first-order chi connectivity index (χ1) is 10.3. The third kappa shape index (κ3) is 3.42. The molecule has 0 unspecified atom stereocenters. The first-order valence-electron chi connectivity index (χ1n) is 7.11. The van der Waals surface area contributed by atoms with Crippen molar-refractivity contribution in [3.63, 3.8) is 0 Å². The molecule has 7 nitrogen and oxygen atoms in total. The molecule has 1 aliphatic rings. The van der Waals surface area contributed by atoms with Crippen molar-refractivity contribution in [1.29, 1.82) is 0 Å². The highest BCUT2D eigenvalue weighted by atomic mass is 35.5. The smallest absolute Gasteiger partial charge is 0.250 e. The largest absolute Gasteiger partial charge is 0.330 e. The maximum absolute atomic E-state index is 12.3. The monoisotopic (exact) mass is 322 g/mol. The highest BCUT2D eigenvalue weighted by Gasteiger charge is 2.32. The van der Waals surface area contributed by atoms with E-state index in [1.807, 2.05) is 0 Å². The third-order valence-corrected chi connectivity index (χ3v) is 3.91. The Bertz CT molecular complexity index is 617. The summed E-state index contributed by atoms with van der Waals surface area (Å²) in [7, 11) is 0. The van der Waals surface area contributed by atoms with Crippen molar-refractivity contribution in [1.82, 2.24) is 19.7 Å². The lowest BCUT2D eigenvalue weighted by atomic mass is 9.95. The number of halogens is 1. The normalized spacial score (nSPS) is 20.4. The van der Waals surface area contributed by atoms with Gasteiger partial charge in [0.2, 0.25) is 11.9 Å². The fraction of sp³-hybridized carbons (Fsp3) is 0.429. The topological polar surface area (TPSA) is 98.7 Å². The number of carbonyl (C=O) groups excluding carboxylic acids is 1. The SMILES string of the molecule is Cl.NC[C@H]1CCC[C@H]1C(=O)Nc1cnn(-c2ncccn2)c1. The number of hydrogen-bond acceptors (Lipinski definition) is 5. The fourth-order valence-electron chi connectivity index (χ4n) is 2.81. The zero-order valence-electron chi connectivity index (χ0n) is 12.1. The van der Waals surface area contributed by atoms with Crippen molar-refractivity contribution < 1.29 is 4.79 Å². The molecule has 2 heterocycles. The molecule has 1 fully saturated rings. The molecule has 0 aromatic carbocycles. The Hall–Kier alpha value is -1.99. The predicted octanol–water partition coefficient (Wildman–Crippen LogP) is 1.40. The molecule has 8 heteroatoms. The minimum absolute atomic E-state index is 0. The molecule has 2 aromatic rings. The zero-order valence-corrected chi connectivity index (χ0v) is 12.9. The summed E-state index contributed by atoms with van der Waals surface area (Å²) in [5.74, 6) is 0.791. The molecule has 3 N–H and O–H groups in total. The van der Waals surface area contributed by atoms with Crippen molar-refractivity contribution in [2.75, 3.05) is 11.9 Å².